The maximum Gasteiger partial charge on any atom is 0.223 e. The Balaban J connectivity index is 4.03. The molecule has 0 radical (unpaired) electrons. The Labute approximate surface area is 215 Å². The fourth-order valence-electron chi connectivity index (χ4n) is 3.60. The van der Waals surface area contributed by atoms with Crippen molar-refractivity contribution in [2.75, 3.05) is 6.61 Å². The number of carbonyl (C=O) groups excluding carboxylic acids is 1. The van der Waals surface area contributed by atoms with Gasteiger partial charge in [-0.15, -0.1) is 0 Å². The lowest BCUT2D eigenvalue weighted by molar-refractivity contribution is -0.124. The van der Waals surface area contributed by atoms with Gasteiger partial charge in [-0.2, -0.15) is 0 Å². The minimum atomic E-state index is -0.967. The first-order chi connectivity index (χ1) is 17.0. The van der Waals surface area contributed by atoms with E-state index in [1.54, 1.807) is 6.08 Å². The lowest BCUT2D eigenvalue weighted by Crippen LogP contribution is -2.45. The van der Waals surface area contributed by atoms with Crippen LogP contribution in [0.1, 0.15) is 110 Å². The Kier molecular flexibility index (Phi) is 24.2. The summed E-state index contributed by atoms with van der Waals surface area (Å²) >= 11 is 0. The van der Waals surface area contributed by atoms with Crippen LogP contribution in [0.3, 0.4) is 0 Å². The number of aliphatic hydroxyl groups is 3. The van der Waals surface area contributed by atoms with E-state index in [1.807, 2.05) is 12.2 Å². The van der Waals surface area contributed by atoms with Gasteiger partial charge >= 0.3 is 0 Å². The Morgan fingerprint density at radius 2 is 1.23 bits per heavy atom. The molecule has 0 aliphatic rings. The van der Waals surface area contributed by atoms with E-state index in [0.29, 0.717) is 6.42 Å². The number of aliphatic hydroxyl groups excluding tert-OH is 3. The molecule has 5 heteroatoms. The largest absolute Gasteiger partial charge is 0.394 e. The zero-order valence-corrected chi connectivity index (χ0v) is 22.4. The number of allylic oxidation sites excluding steroid dienone is 6. The minimum Gasteiger partial charge on any atom is -0.394 e. The highest BCUT2D eigenvalue weighted by atomic mass is 16.3. The Bertz CT molecular complexity index is 597. The van der Waals surface area contributed by atoms with Gasteiger partial charge in [-0.05, 0) is 57.8 Å². The maximum absolute atomic E-state index is 12.2. The topological polar surface area (TPSA) is 89.8 Å². The van der Waals surface area contributed by atoms with Crippen molar-refractivity contribution in [3.05, 3.63) is 48.6 Å². The fourth-order valence-corrected chi connectivity index (χ4v) is 3.60. The SMILES string of the molecule is CCCCC/C=C/CC/C=C/CC/C=C/C(O)C(CO)NC(=O)CC(O)C/C=C\CCCCCC. The summed E-state index contributed by atoms with van der Waals surface area (Å²) in [5.41, 5.74) is 0. The summed E-state index contributed by atoms with van der Waals surface area (Å²) in [4.78, 5) is 12.2. The van der Waals surface area contributed by atoms with Gasteiger partial charge in [-0.3, -0.25) is 4.79 Å². The van der Waals surface area contributed by atoms with E-state index in [2.05, 4.69) is 49.5 Å². The van der Waals surface area contributed by atoms with Crippen LogP contribution in [0.5, 0.6) is 0 Å². The molecule has 0 aromatic rings. The monoisotopic (exact) mass is 491 g/mol. The Hall–Kier alpha value is -1.69. The zero-order valence-electron chi connectivity index (χ0n) is 22.4. The van der Waals surface area contributed by atoms with Crippen LogP contribution in [0.2, 0.25) is 0 Å². The van der Waals surface area contributed by atoms with Crippen LogP contribution in [-0.4, -0.2) is 46.1 Å². The number of hydrogen-bond donors (Lipinski definition) is 4. The van der Waals surface area contributed by atoms with Gasteiger partial charge < -0.3 is 20.6 Å². The quantitative estimate of drug-likeness (QED) is 0.0997. The van der Waals surface area contributed by atoms with Crippen LogP contribution >= 0.6 is 0 Å². The van der Waals surface area contributed by atoms with Crippen LogP contribution < -0.4 is 5.32 Å². The molecule has 0 bridgehead atoms. The molecule has 0 aliphatic heterocycles. The van der Waals surface area contributed by atoms with E-state index in [9.17, 15) is 20.1 Å². The average molecular weight is 492 g/mol. The Morgan fingerprint density at radius 1 is 0.714 bits per heavy atom. The van der Waals surface area contributed by atoms with Crippen molar-refractivity contribution >= 4 is 5.91 Å². The normalized spacial score (nSPS) is 15.0. The van der Waals surface area contributed by atoms with Crippen LogP contribution in [0.15, 0.2) is 48.6 Å². The highest BCUT2D eigenvalue weighted by molar-refractivity contribution is 5.76. The molecule has 35 heavy (non-hydrogen) atoms. The second-order valence-corrected chi connectivity index (χ2v) is 9.28. The molecular formula is C30H53NO4. The third-order valence-corrected chi connectivity index (χ3v) is 5.82. The molecule has 1 amide bonds. The summed E-state index contributed by atoms with van der Waals surface area (Å²) in [5, 5.41) is 32.5. The summed E-state index contributed by atoms with van der Waals surface area (Å²) < 4.78 is 0. The summed E-state index contributed by atoms with van der Waals surface area (Å²) in [6.07, 6.45) is 29.6. The predicted molar refractivity (Wildman–Crippen MR) is 148 cm³/mol. The maximum atomic E-state index is 12.2. The fraction of sp³-hybridized carbons (Fsp3) is 0.700. The van der Waals surface area contributed by atoms with Gasteiger partial charge in [0.1, 0.15) is 0 Å². The van der Waals surface area contributed by atoms with Crippen molar-refractivity contribution in [1.29, 1.82) is 0 Å². The molecule has 0 spiro atoms. The van der Waals surface area contributed by atoms with Gasteiger partial charge in [0.05, 0.1) is 31.3 Å². The van der Waals surface area contributed by atoms with Crippen molar-refractivity contribution < 1.29 is 20.1 Å². The van der Waals surface area contributed by atoms with Gasteiger partial charge in [0.15, 0.2) is 0 Å². The number of rotatable bonds is 23. The lowest BCUT2D eigenvalue weighted by Gasteiger charge is -2.20. The predicted octanol–water partition coefficient (Wildman–Crippen LogP) is 6.30. The van der Waals surface area contributed by atoms with E-state index in [4.69, 9.17) is 0 Å². The van der Waals surface area contributed by atoms with E-state index in [0.717, 1.165) is 38.5 Å². The van der Waals surface area contributed by atoms with Crippen molar-refractivity contribution in [3.8, 4) is 0 Å². The van der Waals surface area contributed by atoms with Gasteiger partial charge in [0.2, 0.25) is 5.91 Å². The molecule has 0 aromatic carbocycles. The second-order valence-electron chi connectivity index (χ2n) is 9.28. The molecule has 3 atom stereocenters. The van der Waals surface area contributed by atoms with Crippen molar-refractivity contribution in [3.63, 3.8) is 0 Å². The third kappa shape index (κ3) is 22.5. The van der Waals surface area contributed by atoms with Gasteiger partial charge in [-0.25, -0.2) is 0 Å². The first kappa shape index (κ1) is 33.3. The summed E-state index contributed by atoms with van der Waals surface area (Å²) in [6, 6.07) is -0.778. The molecule has 0 heterocycles. The lowest BCUT2D eigenvalue weighted by atomic mass is 10.1. The van der Waals surface area contributed by atoms with Crippen molar-refractivity contribution in [2.24, 2.45) is 0 Å². The summed E-state index contributed by atoms with van der Waals surface area (Å²) in [5.74, 6) is -0.373. The summed E-state index contributed by atoms with van der Waals surface area (Å²) in [6.45, 7) is 4.04. The van der Waals surface area contributed by atoms with Gasteiger partial charge in [0, 0.05) is 0 Å². The first-order valence-electron chi connectivity index (χ1n) is 13.9. The molecule has 0 rings (SSSR count). The first-order valence-corrected chi connectivity index (χ1v) is 13.9. The number of carbonyl (C=O) groups is 1. The average Bonchev–Trinajstić information content (AvgIpc) is 2.84. The highest BCUT2D eigenvalue weighted by Gasteiger charge is 2.19. The van der Waals surface area contributed by atoms with Crippen LogP contribution in [0.4, 0.5) is 0 Å². The van der Waals surface area contributed by atoms with Crippen LogP contribution in [0, 0.1) is 0 Å². The minimum absolute atomic E-state index is 0.0498. The summed E-state index contributed by atoms with van der Waals surface area (Å²) in [7, 11) is 0. The van der Waals surface area contributed by atoms with E-state index in [-0.39, 0.29) is 18.9 Å². The second kappa shape index (κ2) is 25.4. The molecule has 0 aliphatic carbocycles. The number of amides is 1. The Morgan fingerprint density at radius 3 is 1.83 bits per heavy atom. The van der Waals surface area contributed by atoms with Crippen molar-refractivity contribution in [2.45, 2.75) is 128 Å². The highest BCUT2D eigenvalue weighted by Crippen LogP contribution is 2.07. The van der Waals surface area contributed by atoms with E-state index in [1.165, 1.54) is 44.9 Å². The van der Waals surface area contributed by atoms with Crippen molar-refractivity contribution in [1.82, 2.24) is 5.32 Å². The number of nitrogens with one attached hydrogen (secondary N) is 1. The zero-order chi connectivity index (χ0) is 26.0. The number of unbranched alkanes of at least 4 members (excludes halogenated alkanes) is 9. The standard InChI is InChI=1S/C30H53NO4/c1-3-5-7-9-11-12-13-14-15-16-18-20-22-24-29(34)28(26-32)31-30(35)25-27(33)23-21-19-17-10-8-6-4-2/h11-12,15-16,19,21-22,24,27-29,32-34H,3-10,13-14,17-18,20,23,25-26H2,1-2H3,(H,31,35)/b12-11+,16-15+,21-19-,24-22+. The van der Waals surface area contributed by atoms with Crippen LogP contribution in [0.25, 0.3) is 0 Å². The van der Waals surface area contributed by atoms with Gasteiger partial charge in [0.25, 0.3) is 0 Å². The molecule has 0 aromatic heterocycles. The molecular weight excluding hydrogens is 438 g/mol. The van der Waals surface area contributed by atoms with E-state index < -0.39 is 18.2 Å². The molecule has 0 fully saturated rings. The molecule has 0 saturated carbocycles. The molecule has 0 saturated heterocycles. The number of hydrogen-bond acceptors (Lipinski definition) is 4. The molecule has 3 unspecified atom stereocenters. The third-order valence-electron chi connectivity index (χ3n) is 5.82. The smallest absolute Gasteiger partial charge is 0.223 e. The molecule has 5 nitrogen and oxygen atoms in total. The van der Waals surface area contributed by atoms with Gasteiger partial charge in [-0.1, -0.05) is 94.6 Å². The molecule has 202 valence electrons. The molecule has 4 N–H and O–H groups in total. The van der Waals surface area contributed by atoms with E-state index >= 15 is 0 Å². The van der Waals surface area contributed by atoms with Crippen LogP contribution in [-0.2, 0) is 4.79 Å².